The summed E-state index contributed by atoms with van der Waals surface area (Å²) < 4.78 is 20.1. The number of rotatable bonds is 2. The molecule has 0 aliphatic carbocycles. The average molecular weight is 351 g/mol. The van der Waals surface area contributed by atoms with Crippen molar-refractivity contribution in [1.82, 2.24) is 14.7 Å². The molecule has 4 aromatic rings. The van der Waals surface area contributed by atoms with Gasteiger partial charge < -0.3 is 14.2 Å². The summed E-state index contributed by atoms with van der Waals surface area (Å²) in [5, 5.41) is 14.6. The molecule has 1 N–H and O–H groups in total. The largest absolute Gasteiger partial charge is 0.506 e. The van der Waals surface area contributed by atoms with Crippen molar-refractivity contribution in [2.24, 2.45) is 7.05 Å². The maximum absolute atomic E-state index is 13.6. The summed E-state index contributed by atoms with van der Waals surface area (Å²) in [7, 11) is 1.53. The molecular formula is C19H14FN3O3. The number of hydrogen-bond acceptors (Lipinski definition) is 5. The standard InChI is InChI=1S/C19H14FN3O3/c1-10-4-3-5-11(8-10)17-21-18(26-22-17)15-16(24)13-9-12(20)6-7-14(13)23(2)19(15)25/h3-9,24H,1-2H3. The molecular weight excluding hydrogens is 337 g/mol. The lowest BCUT2D eigenvalue weighted by Crippen LogP contribution is -2.19. The number of benzene rings is 2. The first-order valence-electron chi connectivity index (χ1n) is 7.88. The van der Waals surface area contributed by atoms with E-state index in [1.807, 2.05) is 31.2 Å². The van der Waals surface area contributed by atoms with Gasteiger partial charge in [-0.15, -0.1) is 0 Å². The van der Waals surface area contributed by atoms with Crippen molar-refractivity contribution < 1.29 is 14.0 Å². The third-order valence-electron chi connectivity index (χ3n) is 4.25. The van der Waals surface area contributed by atoms with E-state index in [2.05, 4.69) is 10.1 Å². The number of aryl methyl sites for hydroxylation is 2. The summed E-state index contributed by atoms with van der Waals surface area (Å²) >= 11 is 0. The molecule has 0 aliphatic rings. The third-order valence-corrected chi connectivity index (χ3v) is 4.25. The van der Waals surface area contributed by atoms with E-state index in [9.17, 15) is 14.3 Å². The van der Waals surface area contributed by atoms with Gasteiger partial charge in [0.15, 0.2) is 0 Å². The van der Waals surface area contributed by atoms with Crippen LogP contribution >= 0.6 is 0 Å². The Bertz CT molecular complexity index is 1210. The minimum absolute atomic E-state index is 0.120. The predicted octanol–water partition coefficient (Wildman–Crippen LogP) is 3.41. The summed E-state index contributed by atoms with van der Waals surface area (Å²) in [5.41, 5.74) is 1.48. The van der Waals surface area contributed by atoms with Crippen LogP contribution in [0.15, 0.2) is 51.8 Å². The Morgan fingerprint density at radius 3 is 2.77 bits per heavy atom. The molecule has 2 aromatic heterocycles. The summed E-state index contributed by atoms with van der Waals surface area (Å²) in [5.74, 6) is -0.735. The lowest BCUT2D eigenvalue weighted by atomic mass is 10.1. The molecule has 2 heterocycles. The van der Waals surface area contributed by atoms with Crippen molar-refractivity contribution >= 4 is 10.9 Å². The van der Waals surface area contributed by atoms with Gasteiger partial charge in [-0.1, -0.05) is 28.9 Å². The molecule has 0 saturated carbocycles. The summed E-state index contributed by atoms with van der Waals surface area (Å²) in [6.45, 7) is 1.93. The van der Waals surface area contributed by atoms with Gasteiger partial charge in [-0.05, 0) is 31.2 Å². The van der Waals surface area contributed by atoms with Crippen molar-refractivity contribution in [2.45, 2.75) is 6.92 Å². The van der Waals surface area contributed by atoms with Gasteiger partial charge in [-0.25, -0.2) is 4.39 Å². The first-order valence-corrected chi connectivity index (χ1v) is 7.88. The van der Waals surface area contributed by atoms with Gasteiger partial charge in [-0.2, -0.15) is 4.98 Å². The molecule has 0 unspecified atom stereocenters. The fourth-order valence-electron chi connectivity index (χ4n) is 2.92. The van der Waals surface area contributed by atoms with Crippen molar-refractivity contribution in [1.29, 1.82) is 0 Å². The lowest BCUT2D eigenvalue weighted by molar-refractivity contribution is 0.425. The zero-order valence-corrected chi connectivity index (χ0v) is 14.0. The molecule has 130 valence electrons. The van der Waals surface area contributed by atoms with E-state index in [0.717, 1.165) is 17.2 Å². The Kier molecular flexibility index (Phi) is 3.57. The van der Waals surface area contributed by atoms with Crippen LogP contribution in [0.25, 0.3) is 33.7 Å². The molecule has 0 radical (unpaired) electrons. The van der Waals surface area contributed by atoms with E-state index in [1.165, 1.54) is 23.7 Å². The van der Waals surface area contributed by atoms with Crippen LogP contribution in [0.5, 0.6) is 5.75 Å². The van der Waals surface area contributed by atoms with Crippen molar-refractivity contribution in [3.8, 4) is 28.6 Å². The Labute approximate surface area is 147 Å². The molecule has 0 spiro atoms. The summed E-state index contributed by atoms with van der Waals surface area (Å²) in [4.78, 5) is 16.9. The monoisotopic (exact) mass is 351 g/mol. The number of pyridine rings is 1. The van der Waals surface area contributed by atoms with Crippen LogP contribution in [0.1, 0.15) is 5.56 Å². The fourth-order valence-corrected chi connectivity index (χ4v) is 2.92. The van der Waals surface area contributed by atoms with E-state index in [-0.39, 0.29) is 22.6 Å². The van der Waals surface area contributed by atoms with Crippen LogP contribution in [0.3, 0.4) is 0 Å². The average Bonchev–Trinajstić information content (AvgIpc) is 3.10. The van der Waals surface area contributed by atoms with Crippen LogP contribution in [-0.2, 0) is 7.05 Å². The van der Waals surface area contributed by atoms with E-state index < -0.39 is 11.4 Å². The van der Waals surface area contributed by atoms with Gasteiger partial charge in [-0.3, -0.25) is 4.79 Å². The van der Waals surface area contributed by atoms with E-state index in [1.54, 1.807) is 0 Å². The molecule has 0 amide bonds. The van der Waals surface area contributed by atoms with Gasteiger partial charge in [0.2, 0.25) is 5.82 Å². The number of hydrogen-bond donors (Lipinski definition) is 1. The molecule has 7 heteroatoms. The van der Waals surface area contributed by atoms with Crippen LogP contribution in [0, 0.1) is 12.7 Å². The highest BCUT2D eigenvalue weighted by molar-refractivity contribution is 5.91. The number of fused-ring (bicyclic) bond motifs is 1. The predicted molar refractivity (Wildman–Crippen MR) is 94.3 cm³/mol. The summed E-state index contributed by atoms with van der Waals surface area (Å²) in [6.07, 6.45) is 0. The molecule has 0 bridgehead atoms. The van der Waals surface area contributed by atoms with Gasteiger partial charge in [0, 0.05) is 18.0 Å². The number of nitrogens with zero attached hydrogens (tertiary/aromatic N) is 3. The Balaban J connectivity index is 1.94. The van der Waals surface area contributed by atoms with E-state index in [4.69, 9.17) is 4.52 Å². The third kappa shape index (κ3) is 2.45. The number of aromatic nitrogens is 3. The molecule has 0 saturated heterocycles. The van der Waals surface area contributed by atoms with E-state index >= 15 is 0 Å². The molecule has 6 nitrogen and oxygen atoms in total. The van der Waals surface area contributed by atoms with Gasteiger partial charge in [0.1, 0.15) is 17.1 Å². The molecule has 2 aromatic carbocycles. The van der Waals surface area contributed by atoms with Crippen molar-refractivity contribution in [2.75, 3.05) is 0 Å². The van der Waals surface area contributed by atoms with Crippen LogP contribution in [0.2, 0.25) is 0 Å². The SMILES string of the molecule is Cc1cccc(-c2noc(-c3c(O)c4cc(F)ccc4n(C)c3=O)n2)c1. The van der Waals surface area contributed by atoms with Gasteiger partial charge in [0.05, 0.1) is 5.52 Å². The second kappa shape index (κ2) is 5.80. The molecule has 26 heavy (non-hydrogen) atoms. The molecule has 0 atom stereocenters. The zero-order chi connectivity index (χ0) is 18.4. The Morgan fingerprint density at radius 2 is 2.00 bits per heavy atom. The molecule has 0 fully saturated rings. The van der Waals surface area contributed by atoms with Crippen LogP contribution < -0.4 is 5.56 Å². The number of halogens is 1. The van der Waals surface area contributed by atoms with Crippen LogP contribution in [-0.4, -0.2) is 19.8 Å². The van der Waals surface area contributed by atoms with Gasteiger partial charge in [0.25, 0.3) is 11.4 Å². The minimum atomic E-state index is -0.525. The van der Waals surface area contributed by atoms with Crippen molar-refractivity contribution in [3.63, 3.8) is 0 Å². The van der Waals surface area contributed by atoms with E-state index in [0.29, 0.717) is 11.3 Å². The second-order valence-corrected chi connectivity index (χ2v) is 6.04. The Morgan fingerprint density at radius 1 is 1.19 bits per heavy atom. The topological polar surface area (TPSA) is 81.2 Å². The maximum Gasteiger partial charge on any atom is 0.267 e. The fraction of sp³-hybridized carbons (Fsp3) is 0.105. The highest BCUT2D eigenvalue weighted by atomic mass is 19.1. The molecule has 4 rings (SSSR count). The number of aromatic hydroxyl groups is 1. The highest BCUT2D eigenvalue weighted by Crippen LogP contribution is 2.33. The smallest absolute Gasteiger partial charge is 0.267 e. The normalized spacial score (nSPS) is 11.2. The lowest BCUT2D eigenvalue weighted by Gasteiger charge is -2.09. The first kappa shape index (κ1) is 16.0. The molecule has 0 aliphatic heterocycles. The quantitative estimate of drug-likeness (QED) is 0.598. The summed E-state index contributed by atoms with van der Waals surface area (Å²) in [6, 6.07) is 11.3. The van der Waals surface area contributed by atoms with Crippen LogP contribution in [0.4, 0.5) is 4.39 Å². The maximum atomic E-state index is 13.6. The highest BCUT2D eigenvalue weighted by Gasteiger charge is 2.22. The van der Waals surface area contributed by atoms with Crippen molar-refractivity contribution in [3.05, 3.63) is 64.2 Å². The first-order chi connectivity index (χ1) is 12.5. The van der Waals surface area contributed by atoms with Gasteiger partial charge >= 0.3 is 0 Å². The second-order valence-electron chi connectivity index (χ2n) is 6.04. The minimum Gasteiger partial charge on any atom is -0.506 e. The Hall–Kier alpha value is -3.48. The zero-order valence-electron chi connectivity index (χ0n) is 14.0.